The molecule has 0 aromatic carbocycles. The molecule has 2 bridgehead atoms. The van der Waals surface area contributed by atoms with Crippen molar-refractivity contribution in [2.45, 2.75) is 83.0 Å². The molecule has 1 amide bonds. The molecule has 172 valence electrons. The fourth-order valence-electron chi connectivity index (χ4n) is 4.61. The fourth-order valence-corrected chi connectivity index (χ4v) is 4.61. The third-order valence-electron chi connectivity index (χ3n) is 6.40. The van der Waals surface area contributed by atoms with Crippen molar-refractivity contribution in [3.8, 4) is 0 Å². The van der Waals surface area contributed by atoms with E-state index in [0.717, 1.165) is 45.1 Å². The second kappa shape index (κ2) is 14.0. The van der Waals surface area contributed by atoms with Crippen LogP contribution in [0.25, 0.3) is 0 Å². The molecule has 2 rings (SSSR count). The van der Waals surface area contributed by atoms with Gasteiger partial charge in [0.05, 0.1) is 38.1 Å². The van der Waals surface area contributed by atoms with Crippen molar-refractivity contribution < 1.29 is 24.9 Å². The zero-order valence-corrected chi connectivity index (χ0v) is 18.4. The first-order valence-corrected chi connectivity index (χ1v) is 11.7. The minimum Gasteiger partial charge on any atom is -0.394 e. The van der Waals surface area contributed by atoms with Crippen LogP contribution in [0.3, 0.4) is 0 Å². The van der Waals surface area contributed by atoms with Crippen molar-refractivity contribution in [2.24, 2.45) is 17.8 Å². The van der Waals surface area contributed by atoms with Crippen molar-refractivity contribution in [3.05, 3.63) is 24.3 Å². The first-order valence-electron chi connectivity index (χ1n) is 11.7. The van der Waals surface area contributed by atoms with Gasteiger partial charge in [0.2, 0.25) is 5.91 Å². The lowest BCUT2D eigenvalue weighted by atomic mass is 9.84. The molecule has 0 radical (unpaired) electrons. The number of unbranched alkanes of at least 4 members (excludes halogenated alkanes) is 3. The Morgan fingerprint density at radius 3 is 2.73 bits per heavy atom. The molecule has 1 saturated carbocycles. The largest absolute Gasteiger partial charge is 0.394 e. The SMILES string of the molecule is CCCCCC(O)C=CC1C2CC(CO2)C1CC=CCCCC(=O)NC(CO)CO. The lowest BCUT2D eigenvalue weighted by Gasteiger charge is -2.28. The van der Waals surface area contributed by atoms with Crippen molar-refractivity contribution >= 4 is 5.91 Å². The van der Waals surface area contributed by atoms with Crippen LogP contribution in [0.4, 0.5) is 0 Å². The van der Waals surface area contributed by atoms with E-state index in [1.165, 1.54) is 12.8 Å². The average Bonchev–Trinajstić information content (AvgIpc) is 3.35. The van der Waals surface area contributed by atoms with Crippen LogP contribution in [0, 0.1) is 17.8 Å². The summed E-state index contributed by atoms with van der Waals surface area (Å²) in [4.78, 5) is 11.8. The van der Waals surface area contributed by atoms with E-state index in [1.807, 2.05) is 6.08 Å². The number of aliphatic hydroxyl groups excluding tert-OH is 3. The molecule has 1 heterocycles. The Morgan fingerprint density at radius 1 is 1.20 bits per heavy atom. The van der Waals surface area contributed by atoms with Crippen LogP contribution in [0.15, 0.2) is 24.3 Å². The topological polar surface area (TPSA) is 99.0 Å². The van der Waals surface area contributed by atoms with Crippen molar-refractivity contribution in [2.75, 3.05) is 19.8 Å². The Labute approximate surface area is 181 Å². The number of amides is 1. The van der Waals surface area contributed by atoms with E-state index >= 15 is 0 Å². The number of rotatable bonds is 15. The number of hydrogen-bond donors (Lipinski definition) is 4. The Balaban J connectivity index is 1.70. The second-order valence-corrected chi connectivity index (χ2v) is 8.79. The summed E-state index contributed by atoms with van der Waals surface area (Å²) in [5.74, 6) is 1.42. The molecule has 5 unspecified atom stereocenters. The van der Waals surface area contributed by atoms with Crippen LogP contribution in [0.1, 0.15) is 64.7 Å². The van der Waals surface area contributed by atoms with Gasteiger partial charge >= 0.3 is 0 Å². The van der Waals surface area contributed by atoms with Crippen LogP contribution in [0.5, 0.6) is 0 Å². The Kier molecular flexibility index (Phi) is 11.7. The van der Waals surface area contributed by atoms with Crippen molar-refractivity contribution in [1.29, 1.82) is 0 Å². The Morgan fingerprint density at radius 2 is 2.00 bits per heavy atom. The highest BCUT2D eigenvalue weighted by Crippen LogP contribution is 2.47. The van der Waals surface area contributed by atoms with Gasteiger partial charge in [-0.2, -0.15) is 0 Å². The molecule has 6 heteroatoms. The Bertz CT molecular complexity index is 546. The molecular weight excluding hydrogens is 382 g/mol. The standard InChI is InChI=1S/C24H41NO5/c1-2-3-6-9-20(28)12-13-22-21(18-14-23(22)30-17-18)10-7-4-5-8-11-24(29)25-19(15-26)16-27/h4,7,12-13,18-23,26-28H,2-3,5-6,8-11,14-17H2,1H3,(H,25,29). The molecule has 0 spiro atoms. The second-order valence-electron chi connectivity index (χ2n) is 8.79. The van der Waals surface area contributed by atoms with E-state index in [1.54, 1.807) is 0 Å². The van der Waals surface area contributed by atoms with Crippen molar-refractivity contribution in [3.63, 3.8) is 0 Å². The van der Waals surface area contributed by atoms with Gasteiger partial charge in [-0.25, -0.2) is 0 Å². The maximum Gasteiger partial charge on any atom is 0.220 e. The van der Waals surface area contributed by atoms with Gasteiger partial charge in [-0.1, -0.05) is 50.5 Å². The molecule has 0 aromatic heterocycles. The summed E-state index contributed by atoms with van der Waals surface area (Å²) < 4.78 is 5.91. The van der Waals surface area contributed by atoms with Gasteiger partial charge in [0.25, 0.3) is 0 Å². The van der Waals surface area contributed by atoms with E-state index in [9.17, 15) is 9.90 Å². The highest BCUT2D eigenvalue weighted by molar-refractivity contribution is 5.76. The van der Waals surface area contributed by atoms with E-state index in [4.69, 9.17) is 14.9 Å². The zero-order chi connectivity index (χ0) is 21.8. The molecule has 0 aromatic rings. The summed E-state index contributed by atoms with van der Waals surface area (Å²) in [5, 5.41) is 30.8. The fraction of sp³-hybridized carbons (Fsp3) is 0.792. The number of ether oxygens (including phenoxy) is 1. The highest BCUT2D eigenvalue weighted by atomic mass is 16.5. The number of nitrogens with one attached hydrogen (secondary N) is 1. The predicted molar refractivity (Wildman–Crippen MR) is 118 cm³/mol. The molecule has 2 fully saturated rings. The van der Waals surface area contributed by atoms with Crippen LogP contribution >= 0.6 is 0 Å². The number of carbonyl (C=O) groups is 1. The van der Waals surface area contributed by atoms with Gasteiger partial charge in [-0.3, -0.25) is 4.79 Å². The average molecular weight is 424 g/mol. The van der Waals surface area contributed by atoms with E-state index in [0.29, 0.717) is 30.3 Å². The van der Waals surface area contributed by atoms with Gasteiger partial charge in [0.15, 0.2) is 0 Å². The van der Waals surface area contributed by atoms with Crippen LogP contribution < -0.4 is 5.32 Å². The number of fused-ring (bicyclic) bond motifs is 2. The molecule has 1 saturated heterocycles. The monoisotopic (exact) mass is 423 g/mol. The molecule has 1 aliphatic heterocycles. The number of hydrogen-bond acceptors (Lipinski definition) is 5. The minimum absolute atomic E-state index is 0.135. The van der Waals surface area contributed by atoms with Gasteiger partial charge < -0.3 is 25.4 Å². The zero-order valence-electron chi connectivity index (χ0n) is 18.4. The molecule has 2 aliphatic rings. The molecule has 30 heavy (non-hydrogen) atoms. The van der Waals surface area contributed by atoms with E-state index in [2.05, 4.69) is 30.5 Å². The number of carbonyl (C=O) groups excluding carboxylic acids is 1. The first-order chi connectivity index (χ1) is 14.6. The molecule has 4 N–H and O–H groups in total. The van der Waals surface area contributed by atoms with Crippen LogP contribution in [0.2, 0.25) is 0 Å². The number of aliphatic hydroxyl groups is 3. The summed E-state index contributed by atoms with van der Waals surface area (Å²) >= 11 is 0. The smallest absolute Gasteiger partial charge is 0.220 e. The lowest BCUT2D eigenvalue weighted by molar-refractivity contribution is -0.122. The van der Waals surface area contributed by atoms with Crippen molar-refractivity contribution in [1.82, 2.24) is 5.32 Å². The molecule has 1 aliphatic carbocycles. The Hall–Kier alpha value is -1.21. The van der Waals surface area contributed by atoms with E-state index in [-0.39, 0.29) is 25.2 Å². The molecular formula is C24H41NO5. The normalized spacial score (nSPS) is 27.0. The third kappa shape index (κ3) is 8.14. The van der Waals surface area contributed by atoms with Gasteiger partial charge in [0, 0.05) is 12.3 Å². The van der Waals surface area contributed by atoms with E-state index < -0.39 is 6.04 Å². The maximum atomic E-state index is 11.8. The quantitative estimate of drug-likeness (QED) is 0.240. The highest BCUT2D eigenvalue weighted by Gasteiger charge is 2.46. The maximum absolute atomic E-state index is 11.8. The summed E-state index contributed by atoms with van der Waals surface area (Å²) in [6, 6.07) is -0.566. The van der Waals surface area contributed by atoms with Gasteiger partial charge in [-0.05, 0) is 43.9 Å². The van der Waals surface area contributed by atoms with Gasteiger partial charge in [0.1, 0.15) is 0 Å². The van der Waals surface area contributed by atoms with Gasteiger partial charge in [-0.15, -0.1) is 0 Å². The minimum atomic E-state index is -0.566. The summed E-state index contributed by atoms with van der Waals surface area (Å²) in [6.45, 7) is 2.52. The molecule has 5 atom stereocenters. The summed E-state index contributed by atoms with van der Waals surface area (Å²) in [6.07, 6.45) is 16.8. The van der Waals surface area contributed by atoms with Crippen LogP contribution in [-0.2, 0) is 9.53 Å². The van der Waals surface area contributed by atoms with Crippen LogP contribution in [-0.4, -0.2) is 59.3 Å². The first kappa shape index (κ1) is 25.1. The predicted octanol–water partition coefficient (Wildman–Crippen LogP) is 2.72. The number of allylic oxidation sites excluding steroid dienone is 2. The lowest BCUT2D eigenvalue weighted by Crippen LogP contribution is -2.39. The summed E-state index contributed by atoms with van der Waals surface area (Å²) in [7, 11) is 0. The molecule has 6 nitrogen and oxygen atoms in total. The third-order valence-corrected chi connectivity index (χ3v) is 6.40. The summed E-state index contributed by atoms with van der Waals surface area (Å²) in [5.41, 5.74) is 0.